The van der Waals surface area contributed by atoms with Crippen LogP contribution in [0.25, 0.3) is 0 Å². The summed E-state index contributed by atoms with van der Waals surface area (Å²) in [6.45, 7) is 1.43. The fourth-order valence-electron chi connectivity index (χ4n) is 7.96. The first-order chi connectivity index (χ1) is 27.5. The highest BCUT2D eigenvalue weighted by atomic mass is 31.2. The third kappa shape index (κ3) is 7.01. The summed E-state index contributed by atoms with van der Waals surface area (Å²) < 4.78 is 43.2. The summed E-state index contributed by atoms with van der Waals surface area (Å²) in [7, 11) is 3.09. The molecular weight excluding hydrogens is 773 g/mol. The van der Waals surface area contributed by atoms with Crippen LogP contribution in [0.1, 0.15) is 68.5 Å². The molecule has 2 saturated heterocycles. The van der Waals surface area contributed by atoms with E-state index in [1.165, 1.54) is 13.1 Å². The summed E-state index contributed by atoms with van der Waals surface area (Å²) in [4.78, 5) is 69.8. The van der Waals surface area contributed by atoms with Gasteiger partial charge in [-0.15, -0.1) is 0 Å². The summed E-state index contributed by atoms with van der Waals surface area (Å²) >= 11 is 0. The smallest absolute Gasteiger partial charge is 0.456 e. The minimum atomic E-state index is -4.63. The SMILES string of the molecule is Cc1cn([C@H]2C[C@H](O)[C@@H](COP(=O)(O)OC3CCN(C(=O)c4ccc5c(c4)C(=O)OC54c5ccc(N(C)C)cc5Oc5cc(N(C)C)ccc54)CC3)O2)c(=O)[nH]c1=O. The Hall–Kier alpha value is -5.29. The molecule has 0 aliphatic carbocycles. The number of carbonyl (C=O) groups is 2. The molecule has 4 aliphatic heterocycles. The number of likely N-dealkylation sites (tertiary alicyclic amines) is 1. The normalized spacial score (nSPS) is 21.7. The van der Waals surface area contributed by atoms with Crippen LogP contribution in [0.4, 0.5) is 11.4 Å². The number of ether oxygens (including phenoxy) is 3. The summed E-state index contributed by atoms with van der Waals surface area (Å²) in [5, 5.41) is 10.5. The lowest BCUT2D eigenvalue weighted by Gasteiger charge is -2.37. The number of fused-ring (bicyclic) bond motifs is 6. The van der Waals surface area contributed by atoms with Crippen LogP contribution in [0, 0.1) is 6.92 Å². The van der Waals surface area contributed by atoms with Gasteiger partial charge in [0.25, 0.3) is 11.5 Å². The third-order valence-electron chi connectivity index (χ3n) is 11.1. The van der Waals surface area contributed by atoms with E-state index in [1.54, 1.807) is 23.1 Å². The summed E-state index contributed by atoms with van der Waals surface area (Å²) in [6.07, 6.45) is -2.04. The molecule has 1 spiro atoms. The summed E-state index contributed by atoms with van der Waals surface area (Å²) in [5.74, 6) is 0.199. The van der Waals surface area contributed by atoms with Gasteiger partial charge in [0.2, 0.25) is 0 Å². The lowest BCUT2D eigenvalue weighted by atomic mass is 9.77. The van der Waals surface area contributed by atoms with Crippen molar-refractivity contribution in [3.63, 3.8) is 0 Å². The number of esters is 1. The van der Waals surface area contributed by atoms with E-state index in [9.17, 15) is 33.7 Å². The minimum Gasteiger partial charge on any atom is -0.456 e. The van der Waals surface area contributed by atoms with Crippen molar-refractivity contribution in [1.82, 2.24) is 14.5 Å². The van der Waals surface area contributed by atoms with E-state index in [2.05, 4.69) is 4.98 Å². The van der Waals surface area contributed by atoms with Gasteiger partial charge in [0.15, 0.2) is 5.60 Å². The second-order valence-electron chi connectivity index (χ2n) is 15.4. The predicted molar refractivity (Wildman–Crippen MR) is 210 cm³/mol. The van der Waals surface area contributed by atoms with Gasteiger partial charge in [-0.1, -0.05) is 6.07 Å². The molecule has 0 bridgehead atoms. The highest BCUT2D eigenvalue weighted by molar-refractivity contribution is 7.47. The van der Waals surface area contributed by atoms with Gasteiger partial charge in [-0.3, -0.25) is 28.2 Å². The largest absolute Gasteiger partial charge is 0.472 e. The first-order valence-electron chi connectivity index (χ1n) is 18.8. The first-order valence-corrected chi connectivity index (χ1v) is 20.3. The van der Waals surface area contributed by atoms with Crippen molar-refractivity contribution in [3.05, 3.63) is 115 Å². The number of aryl methyl sites for hydroxylation is 1. The number of nitrogens with zero attached hydrogens (tertiary/aromatic N) is 4. The second kappa shape index (κ2) is 14.8. The lowest BCUT2D eigenvalue weighted by molar-refractivity contribution is -0.0490. The standard InChI is InChI=1S/C40H44N5O12P/c1-22-20-45(39(50)41-36(22)47)35-19-31(46)34(55-35)21-53-58(51,52)57-26-12-14-44(15-13-26)37(48)23-6-9-28-27(16-23)38(49)56-40(28)29-10-7-24(42(2)3)17-32(29)54-33-18-25(43(4)5)8-11-30(33)40/h6-11,16-18,20,26,31,34-35,46H,12-15,19,21H2,1-5H3,(H,51,52)(H,41,47,50)/t31-,34+,35+/m0/s1. The van der Waals surface area contributed by atoms with Crippen molar-refractivity contribution < 1.29 is 47.4 Å². The fraction of sp³-hybridized carbons (Fsp3) is 0.400. The number of amides is 1. The van der Waals surface area contributed by atoms with E-state index in [0.29, 0.717) is 28.2 Å². The molecule has 306 valence electrons. The molecule has 17 nitrogen and oxygen atoms in total. The zero-order valence-electron chi connectivity index (χ0n) is 32.5. The van der Waals surface area contributed by atoms with Gasteiger partial charge in [-0.25, -0.2) is 14.2 Å². The Balaban J connectivity index is 0.937. The predicted octanol–water partition coefficient (Wildman–Crippen LogP) is 3.63. The highest BCUT2D eigenvalue weighted by Crippen LogP contribution is 2.57. The number of aliphatic hydroxyl groups is 1. The maximum absolute atomic E-state index is 13.8. The Labute approximate surface area is 332 Å². The van der Waals surface area contributed by atoms with Gasteiger partial charge in [-0.05, 0) is 56.2 Å². The molecular formula is C40H44N5O12P. The van der Waals surface area contributed by atoms with Gasteiger partial charge in [0, 0.05) is 105 Å². The number of aromatic amines is 1. The van der Waals surface area contributed by atoms with Crippen LogP contribution in [0.15, 0.2) is 70.4 Å². The molecule has 18 heteroatoms. The number of anilines is 2. The molecule has 1 amide bonds. The number of phosphoric ester groups is 1. The van der Waals surface area contributed by atoms with E-state index in [4.69, 9.17) is 23.3 Å². The van der Waals surface area contributed by atoms with Crippen LogP contribution in [-0.4, -0.2) is 103 Å². The number of H-pyrrole nitrogens is 1. The molecule has 2 fully saturated rings. The van der Waals surface area contributed by atoms with E-state index in [0.717, 1.165) is 15.9 Å². The van der Waals surface area contributed by atoms with Gasteiger partial charge in [0.05, 0.1) is 24.4 Å². The number of nitrogens with one attached hydrogen (secondary N) is 1. The molecule has 3 aromatic carbocycles. The molecule has 8 rings (SSSR count). The van der Waals surface area contributed by atoms with Crippen molar-refractivity contribution >= 4 is 31.1 Å². The van der Waals surface area contributed by atoms with E-state index in [-0.39, 0.29) is 54.9 Å². The molecule has 3 N–H and O–H groups in total. The van der Waals surface area contributed by atoms with Crippen LogP contribution < -0.4 is 25.8 Å². The minimum absolute atomic E-state index is 0.0126. The Kier molecular flexibility index (Phi) is 10.1. The van der Waals surface area contributed by atoms with Gasteiger partial charge >= 0.3 is 19.5 Å². The number of aliphatic hydroxyl groups excluding tert-OH is 1. The maximum Gasteiger partial charge on any atom is 0.472 e. The highest BCUT2D eigenvalue weighted by Gasteiger charge is 2.54. The summed E-state index contributed by atoms with van der Waals surface area (Å²) in [5.41, 5.74) is 1.98. The number of aromatic nitrogens is 2. The van der Waals surface area contributed by atoms with Crippen molar-refractivity contribution in [2.45, 2.75) is 56.3 Å². The molecule has 1 unspecified atom stereocenters. The third-order valence-corrected chi connectivity index (χ3v) is 12.2. The zero-order valence-corrected chi connectivity index (χ0v) is 33.4. The second-order valence-corrected chi connectivity index (χ2v) is 16.8. The monoisotopic (exact) mass is 817 g/mol. The zero-order chi connectivity index (χ0) is 41.3. The number of hydrogen-bond acceptors (Lipinski definition) is 13. The van der Waals surface area contributed by atoms with Crippen molar-refractivity contribution in [3.8, 4) is 11.5 Å². The molecule has 0 saturated carbocycles. The van der Waals surface area contributed by atoms with Crippen LogP contribution in [-0.2, 0) is 28.7 Å². The van der Waals surface area contributed by atoms with E-state index in [1.807, 2.05) is 74.4 Å². The number of benzene rings is 3. The molecule has 5 heterocycles. The van der Waals surface area contributed by atoms with E-state index < -0.39 is 61.8 Å². The van der Waals surface area contributed by atoms with Crippen LogP contribution >= 0.6 is 7.82 Å². The maximum atomic E-state index is 13.8. The topological polar surface area (TPSA) is 202 Å². The van der Waals surface area contributed by atoms with Crippen molar-refractivity contribution in [2.75, 3.05) is 57.7 Å². The number of carbonyl (C=O) groups excluding carboxylic acids is 2. The average molecular weight is 818 g/mol. The first kappa shape index (κ1) is 39.5. The number of rotatable bonds is 9. The lowest BCUT2D eigenvalue weighted by Crippen LogP contribution is -2.40. The van der Waals surface area contributed by atoms with Crippen molar-refractivity contribution in [2.24, 2.45) is 0 Å². The van der Waals surface area contributed by atoms with Crippen LogP contribution in [0.2, 0.25) is 0 Å². The summed E-state index contributed by atoms with van der Waals surface area (Å²) in [6, 6.07) is 16.5. The molecule has 0 radical (unpaired) electrons. The average Bonchev–Trinajstić information content (AvgIpc) is 3.70. The fourth-order valence-corrected chi connectivity index (χ4v) is 8.95. The Morgan fingerprint density at radius 2 is 1.57 bits per heavy atom. The molecule has 4 atom stereocenters. The van der Waals surface area contributed by atoms with Gasteiger partial charge in [-0.2, -0.15) is 0 Å². The Morgan fingerprint density at radius 3 is 2.19 bits per heavy atom. The number of piperidine rings is 1. The van der Waals surface area contributed by atoms with Gasteiger partial charge < -0.3 is 38.9 Å². The quantitative estimate of drug-likeness (QED) is 0.163. The van der Waals surface area contributed by atoms with E-state index >= 15 is 0 Å². The van der Waals surface area contributed by atoms with Crippen LogP contribution in [0.3, 0.4) is 0 Å². The number of phosphoric acid groups is 1. The Morgan fingerprint density at radius 1 is 0.948 bits per heavy atom. The van der Waals surface area contributed by atoms with Crippen molar-refractivity contribution in [1.29, 1.82) is 0 Å². The molecule has 4 aliphatic rings. The van der Waals surface area contributed by atoms with Gasteiger partial charge in [0.1, 0.15) is 23.8 Å². The van der Waals surface area contributed by atoms with Crippen LogP contribution in [0.5, 0.6) is 11.5 Å². The molecule has 1 aromatic heterocycles. The Bertz CT molecular complexity index is 2420. The molecule has 58 heavy (non-hydrogen) atoms. The number of hydrogen-bond donors (Lipinski definition) is 3. The molecule has 4 aromatic rings.